The first-order valence-electron chi connectivity index (χ1n) is 9.86. The van der Waals surface area contributed by atoms with Gasteiger partial charge in [-0.2, -0.15) is 5.10 Å². The molecule has 1 saturated heterocycles. The Morgan fingerprint density at radius 1 is 0.935 bits per heavy atom. The van der Waals surface area contributed by atoms with E-state index < -0.39 is 0 Å². The highest BCUT2D eigenvalue weighted by Gasteiger charge is 2.24. The summed E-state index contributed by atoms with van der Waals surface area (Å²) in [6.07, 6.45) is 1.73. The highest BCUT2D eigenvalue weighted by molar-refractivity contribution is 6.42. The number of hydrogen-bond donors (Lipinski definition) is 0. The largest absolute Gasteiger partial charge is 0.470 e. The minimum absolute atomic E-state index is 0.0781. The maximum atomic E-state index is 12.8. The lowest BCUT2D eigenvalue weighted by Gasteiger charge is -2.34. The number of ether oxygens (including phenoxy) is 1. The minimum Gasteiger partial charge on any atom is -0.470 e. The Bertz CT molecular complexity index is 1060. The van der Waals surface area contributed by atoms with E-state index in [1.165, 1.54) is 0 Å². The van der Waals surface area contributed by atoms with Crippen LogP contribution in [-0.2, 0) is 13.3 Å². The van der Waals surface area contributed by atoms with Gasteiger partial charge in [-0.15, -0.1) is 0 Å². The zero-order valence-corrected chi connectivity index (χ0v) is 18.9. The second kappa shape index (κ2) is 9.92. The van der Waals surface area contributed by atoms with Gasteiger partial charge in [-0.25, -0.2) is 4.68 Å². The Hall–Kier alpha value is -2.25. The van der Waals surface area contributed by atoms with Crippen LogP contribution in [0.2, 0.25) is 15.1 Å². The fourth-order valence-electron chi connectivity index (χ4n) is 3.41. The van der Waals surface area contributed by atoms with E-state index in [1.807, 2.05) is 35.2 Å². The lowest BCUT2D eigenvalue weighted by molar-refractivity contribution is 0.0621. The molecule has 6 nitrogen and oxygen atoms in total. The van der Waals surface area contributed by atoms with Crippen LogP contribution in [0.3, 0.4) is 0 Å². The molecule has 3 aromatic rings. The SMILES string of the molecule is O=C(c1ccn(COc2ccccc2Cl)n1)N1CCN(Cc2ccc(Cl)c(Cl)c2)CC1. The van der Waals surface area contributed by atoms with Gasteiger partial charge in [0.05, 0.1) is 15.1 Å². The van der Waals surface area contributed by atoms with Gasteiger partial charge in [0.1, 0.15) is 5.75 Å². The quantitative estimate of drug-likeness (QED) is 0.508. The van der Waals surface area contributed by atoms with Gasteiger partial charge in [-0.1, -0.05) is 53.0 Å². The molecule has 0 aliphatic carbocycles. The first-order valence-corrected chi connectivity index (χ1v) is 11.0. The molecule has 162 valence electrons. The maximum Gasteiger partial charge on any atom is 0.274 e. The molecule has 2 aromatic carbocycles. The number of piperazine rings is 1. The third-order valence-electron chi connectivity index (χ3n) is 5.10. The predicted molar refractivity (Wildman–Crippen MR) is 122 cm³/mol. The third kappa shape index (κ3) is 5.52. The molecule has 0 saturated carbocycles. The topological polar surface area (TPSA) is 50.6 Å². The zero-order valence-electron chi connectivity index (χ0n) is 16.7. The zero-order chi connectivity index (χ0) is 21.8. The van der Waals surface area contributed by atoms with Gasteiger partial charge in [0, 0.05) is 38.9 Å². The second-order valence-electron chi connectivity index (χ2n) is 7.26. The van der Waals surface area contributed by atoms with E-state index in [0.29, 0.717) is 39.6 Å². The summed E-state index contributed by atoms with van der Waals surface area (Å²) in [5.41, 5.74) is 1.51. The van der Waals surface area contributed by atoms with Crippen LogP contribution in [-0.4, -0.2) is 51.7 Å². The maximum absolute atomic E-state index is 12.8. The van der Waals surface area contributed by atoms with Crippen molar-refractivity contribution in [3.63, 3.8) is 0 Å². The molecular formula is C22H21Cl3N4O2. The molecule has 0 radical (unpaired) electrons. The summed E-state index contributed by atoms with van der Waals surface area (Å²) in [7, 11) is 0. The summed E-state index contributed by atoms with van der Waals surface area (Å²) in [6.45, 7) is 3.79. The molecular weight excluding hydrogens is 459 g/mol. The van der Waals surface area contributed by atoms with Crippen LogP contribution in [0, 0.1) is 0 Å². The molecule has 31 heavy (non-hydrogen) atoms. The van der Waals surface area contributed by atoms with Crippen molar-refractivity contribution in [2.24, 2.45) is 0 Å². The van der Waals surface area contributed by atoms with Gasteiger partial charge in [0.25, 0.3) is 5.91 Å². The number of aromatic nitrogens is 2. The molecule has 1 aliphatic rings. The number of benzene rings is 2. The lowest BCUT2D eigenvalue weighted by atomic mass is 10.2. The summed E-state index contributed by atoms with van der Waals surface area (Å²) in [5, 5.41) is 5.99. The van der Waals surface area contributed by atoms with Crippen molar-refractivity contribution in [3.05, 3.63) is 81.1 Å². The van der Waals surface area contributed by atoms with E-state index in [9.17, 15) is 4.79 Å². The Kier molecular flexibility index (Phi) is 7.02. The smallest absolute Gasteiger partial charge is 0.274 e. The molecule has 0 bridgehead atoms. The first-order chi connectivity index (χ1) is 15.0. The van der Waals surface area contributed by atoms with Gasteiger partial charge in [-0.05, 0) is 35.9 Å². The van der Waals surface area contributed by atoms with E-state index in [2.05, 4.69) is 10.00 Å². The van der Waals surface area contributed by atoms with E-state index >= 15 is 0 Å². The molecule has 0 N–H and O–H groups in total. The number of amides is 1. The Balaban J connectivity index is 1.28. The molecule has 0 atom stereocenters. The third-order valence-corrected chi connectivity index (χ3v) is 6.15. The Morgan fingerprint density at radius 2 is 1.71 bits per heavy atom. The molecule has 9 heteroatoms. The fraction of sp³-hybridized carbons (Fsp3) is 0.273. The van der Waals surface area contributed by atoms with Crippen molar-refractivity contribution >= 4 is 40.7 Å². The lowest BCUT2D eigenvalue weighted by Crippen LogP contribution is -2.48. The molecule has 1 aliphatic heterocycles. The summed E-state index contributed by atoms with van der Waals surface area (Å²) in [6, 6.07) is 14.6. The number of para-hydroxylation sites is 1. The standard InChI is InChI=1S/C22H21Cl3N4O2/c23-17-6-5-16(13-19(17)25)14-27-9-11-28(12-10-27)22(30)20-7-8-29(26-20)15-31-21-4-2-1-3-18(21)24/h1-8,13H,9-12,14-15H2. The number of carbonyl (C=O) groups excluding carboxylic acids is 1. The summed E-state index contributed by atoms with van der Waals surface area (Å²) in [5.74, 6) is 0.497. The van der Waals surface area contributed by atoms with E-state index in [0.717, 1.165) is 25.2 Å². The molecule has 2 heterocycles. The van der Waals surface area contributed by atoms with Crippen LogP contribution < -0.4 is 4.74 Å². The van der Waals surface area contributed by atoms with Gasteiger partial charge in [0.2, 0.25) is 0 Å². The summed E-state index contributed by atoms with van der Waals surface area (Å²) < 4.78 is 7.25. The Labute approximate surface area is 195 Å². The van der Waals surface area contributed by atoms with Crippen LogP contribution in [0.5, 0.6) is 5.75 Å². The molecule has 1 fully saturated rings. The summed E-state index contributed by atoms with van der Waals surface area (Å²) in [4.78, 5) is 16.9. The molecule has 1 amide bonds. The van der Waals surface area contributed by atoms with E-state index in [1.54, 1.807) is 29.1 Å². The monoisotopic (exact) mass is 478 g/mol. The Morgan fingerprint density at radius 3 is 2.45 bits per heavy atom. The number of carbonyl (C=O) groups is 1. The molecule has 0 unspecified atom stereocenters. The van der Waals surface area contributed by atoms with Crippen LogP contribution in [0.4, 0.5) is 0 Å². The summed E-state index contributed by atoms with van der Waals surface area (Å²) >= 11 is 18.2. The average molecular weight is 480 g/mol. The van der Waals surface area contributed by atoms with Crippen molar-refractivity contribution in [3.8, 4) is 5.75 Å². The minimum atomic E-state index is -0.0781. The molecule has 4 rings (SSSR count). The second-order valence-corrected chi connectivity index (χ2v) is 8.48. The van der Waals surface area contributed by atoms with Crippen molar-refractivity contribution in [2.45, 2.75) is 13.3 Å². The normalized spacial score (nSPS) is 14.6. The van der Waals surface area contributed by atoms with Crippen LogP contribution in [0.1, 0.15) is 16.1 Å². The van der Waals surface area contributed by atoms with Crippen LogP contribution in [0.15, 0.2) is 54.7 Å². The predicted octanol–water partition coefficient (Wildman–Crippen LogP) is 4.84. The number of nitrogens with zero attached hydrogens (tertiary/aromatic N) is 4. The average Bonchev–Trinajstić information content (AvgIpc) is 3.25. The van der Waals surface area contributed by atoms with Gasteiger partial charge in [0.15, 0.2) is 12.4 Å². The molecule has 1 aromatic heterocycles. The van der Waals surface area contributed by atoms with Crippen molar-refractivity contribution in [2.75, 3.05) is 26.2 Å². The van der Waals surface area contributed by atoms with Crippen LogP contribution >= 0.6 is 34.8 Å². The van der Waals surface area contributed by atoms with Gasteiger partial charge < -0.3 is 9.64 Å². The van der Waals surface area contributed by atoms with Crippen molar-refractivity contribution in [1.29, 1.82) is 0 Å². The van der Waals surface area contributed by atoms with Crippen molar-refractivity contribution in [1.82, 2.24) is 19.6 Å². The number of halogens is 3. The van der Waals surface area contributed by atoms with E-state index in [-0.39, 0.29) is 12.6 Å². The number of rotatable bonds is 6. The number of hydrogen-bond acceptors (Lipinski definition) is 4. The molecule has 0 spiro atoms. The fourth-order valence-corrected chi connectivity index (χ4v) is 3.92. The van der Waals surface area contributed by atoms with Gasteiger partial charge in [-0.3, -0.25) is 9.69 Å². The van der Waals surface area contributed by atoms with Crippen LogP contribution in [0.25, 0.3) is 0 Å². The van der Waals surface area contributed by atoms with Gasteiger partial charge >= 0.3 is 0 Å². The van der Waals surface area contributed by atoms with Crippen molar-refractivity contribution < 1.29 is 9.53 Å². The van der Waals surface area contributed by atoms with E-state index in [4.69, 9.17) is 39.5 Å². The highest BCUT2D eigenvalue weighted by Crippen LogP contribution is 2.24. The highest BCUT2D eigenvalue weighted by atomic mass is 35.5. The first kappa shape index (κ1) is 22.0.